The first-order valence-corrected chi connectivity index (χ1v) is 4.78. The van der Waals surface area contributed by atoms with Gasteiger partial charge in [-0.15, -0.1) is 0 Å². The van der Waals surface area contributed by atoms with Crippen LogP contribution in [-0.4, -0.2) is 9.78 Å². The fourth-order valence-corrected chi connectivity index (χ4v) is 1.45. The standard InChI is InChI=1S/C11H11N5/c12-6-9-10(13)11(14)16(15-9)7-8-4-2-1-3-5-8/h1-5H,7,13-14H2. The van der Waals surface area contributed by atoms with E-state index >= 15 is 0 Å². The molecular weight excluding hydrogens is 202 g/mol. The Balaban J connectivity index is 2.33. The molecule has 0 amide bonds. The third-order valence-electron chi connectivity index (χ3n) is 2.31. The Morgan fingerprint density at radius 2 is 1.94 bits per heavy atom. The number of rotatable bonds is 2. The van der Waals surface area contributed by atoms with Gasteiger partial charge in [-0.2, -0.15) is 10.4 Å². The first kappa shape index (κ1) is 10.1. The summed E-state index contributed by atoms with van der Waals surface area (Å²) in [6.07, 6.45) is 0. The van der Waals surface area contributed by atoms with Gasteiger partial charge in [-0.25, -0.2) is 4.68 Å². The summed E-state index contributed by atoms with van der Waals surface area (Å²) in [5.74, 6) is 0.334. The number of nitriles is 1. The van der Waals surface area contributed by atoms with Crippen LogP contribution in [0.4, 0.5) is 11.5 Å². The third-order valence-corrected chi connectivity index (χ3v) is 2.31. The summed E-state index contributed by atoms with van der Waals surface area (Å²) in [6, 6.07) is 11.6. The summed E-state index contributed by atoms with van der Waals surface area (Å²) in [6.45, 7) is 0.512. The van der Waals surface area contributed by atoms with Gasteiger partial charge in [-0.3, -0.25) is 0 Å². The Kier molecular flexibility index (Phi) is 2.48. The lowest BCUT2D eigenvalue weighted by Crippen LogP contribution is -2.06. The second-order valence-electron chi connectivity index (χ2n) is 3.40. The number of nitrogens with two attached hydrogens (primary N) is 2. The number of hydrogen-bond acceptors (Lipinski definition) is 4. The lowest BCUT2D eigenvalue weighted by molar-refractivity contribution is 0.694. The summed E-state index contributed by atoms with van der Waals surface area (Å²) < 4.78 is 1.53. The van der Waals surface area contributed by atoms with Crippen LogP contribution < -0.4 is 11.5 Å². The second kappa shape index (κ2) is 3.95. The average molecular weight is 213 g/mol. The molecule has 2 aromatic rings. The van der Waals surface area contributed by atoms with Crippen LogP contribution in [0.5, 0.6) is 0 Å². The van der Waals surface area contributed by atoms with Crippen molar-refractivity contribution in [3.8, 4) is 6.07 Å². The monoisotopic (exact) mass is 213 g/mol. The summed E-state index contributed by atoms with van der Waals surface area (Å²) in [4.78, 5) is 0. The highest BCUT2D eigenvalue weighted by molar-refractivity contribution is 5.65. The molecule has 1 heterocycles. The lowest BCUT2D eigenvalue weighted by atomic mass is 10.2. The van der Waals surface area contributed by atoms with Gasteiger partial charge in [0.2, 0.25) is 0 Å². The molecule has 0 aliphatic rings. The number of hydrogen-bond donors (Lipinski definition) is 2. The van der Waals surface area contributed by atoms with Crippen molar-refractivity contribution >= 4 is 11.5 Å². The Bertz CT molecular complexity index is 535. The van der Waals surface area contributed by atoms with Crippen molar-refractivity contribution in [1.29, 1.82) is 5.26 Å². The van der Waals surface area contributed by atoms with Crippen LogP contribution in [-0.2, 0) is 6.54 Å². The van der Waals surface area contributed by atoms with Crippen LogP contribution in [0.3, 0.4) is 0 Å². The van der Waals surface area contributed by atoms with Crippen LogP contribution in [0.15, 0.2) is 30.3 Å². The molecule has 1 aromatic heterocycles. The highest BCUT2D eigenvalue weighted by atomic mass is 15.3. The van der Waals surface area contributed by atoms with Crippen LogP contribution in [0.25, 0.3) is 0 Å². The maximum absolute atomic E-state index is 8.76. The molecule has 0 bridgehead atoms. The number of nitrogen functional groups attached to an aromatic ring is 2. The van der Waals surface area contributed by atoms with E-state index in [0.717, 1.165) is 5.56 Å². The summed E-state index contributed by atoms with van der Waals surface area (Å²) in [5, 5.41) is 12.8. The van der Waals surface area contributed by atoms with E-state index in [2.05, 4.69) is 5.10 Å². The van der Waals surface area contributed by atoms with E-state index in [1.165, 1.54) is 4.68 Å². The summed E-state index contributed by atoms with van der Waals surface area (Å²) in [5.41, 5.74) is 12.9. The Morgan fingerprint density at radius 3 is 2.50 bits per heavy atom. The number of anilines is 2. The molecule has 0 aliphatic heterocycles. The van der Waals surface area contributed by atoms with Crippen LogP contribution in [0, 0.1) is 11.3 Å². The predicted octanol–water partition coefficient (Wildman–Crippen LogP) is 0.967. The molecule has 5 heteroatoms. The molecule has 0 spiro atoms. The van der Waals surface area contributed by atoms with Crippen molar-refractivity contribution in [2.45, 2.75) is 6.54 Å². The van der Waals surface area contributed by atoms with Gasteiger partial charge in [0.15, 0.2) is 5.69 Å². The Labute approximate surface area is 92.9 Å². The number of benzene rings is 1. The quantitative estimate of drug-likeness (QED) is 0.777. The number of nitrogens with zero attached hydrogens (tertiary/aromatic N) is 3. The minimum Gasteiger partial charge on any atom is -0.393 e. The van der Waals surface area contributed by atoms with E-state index in [1.807, 2.05) is 36.4 Å². The normalized spacial score (nSPS) is 9.94. The SMILES string of the molecule is N#Cc1nn(Cc2ccccc2)c(N)c1N. The van der Waals surface area contributed by atoms with Crippen molar-refractivity contribution in [1.82, 2.24) is 9.78 Å². The molecule has 0 radical (unpaired) electrons. The van der Waals surface area contributed by atoms with Crippen molar-refractivity contribution in [2.24, 2.45) is 0 Å². The van der Waals surface area contributed by atoms with E-state index in [1.54, 1.807) is 0 Å². The Hall–Kier alpha value is -2.48. The molecule has 0 aliphatic carbocycles. The molecular formula is C11H11N5. The first-order valence-electron chi connectivity index (χ1n) is 4.78. The maximum atomic E-state index is 8.76. The van der Waals surface area contributed by atoms with Crippen molar-refractivity contribution in [3.63, 3.8) is 0 Å². The molecule has 5 nitrogen and oxygen atoms in total. The summed E-state index contributed by atoms with van der Waals surface area (Å²) >= 11 is 0. The van der Waals surface area contributed by atoms with E-state index in [9.17, 15) is 0 Å². The molecule has 0 fully saturated rings. The van der Waals surface area contributed by atoms with Crippen molar-refractivity contribution in [2.75, 3.05) is 11.5 Å². The summed E-state index contributed by atoms with van der Waals surface area (Å²) in [7, 11) is 0. The Morgan fingerprint density at radius 1 is 1.25 bits per heavy atom. The van der Waals surface area contributed by atoms with E-state index in [4.69, 9.17) is 16.7 Å². The van der Waals surface area contributed by atoms with E-state index in [-0.39, 0.29) is 11.4 Å². The highest BCUT2D eigenvalue weighted by Crippen LogP contribution is 2.19. The number of aromatic nitrogens is 2. The fraction of sp³-hybridized carbons (Fsp3) is 0.0909. The molecule has 0 saturated carbocycles. The van der Waals surface area contributed by atoms with Gasteiger partial charge < -0.3 is 11.5 Å². The largest absolute Gasteiger partial charge is 0.393 e. The van der Waals surface area contributed by atoms with Gasteiger partial charge in [0, 0.05) is 0 Å². The van der Waals surface area contributed by atoms with Gasteiger partial charge in [0.1, 0.15) is 17.6 Å². The minimum absolute atomic E-state index is 0.174. The molecule has 0 unspecified atom stereocenters. The van der Waals surface area contributed by atoms with Crippen LogP contribution in [0.2, 0.25) is 0 Å². The fourth-order valence-electron chi connectivity index (χ4n) is 1.45. The lowest BCUT2D eigenvalue weighted by Gasteiger charge is -2.03. The van der Waals surface area contributed by atoms with Gasteiger partial charge in [-0.1, -0.05) is 30.3 Å². The molecule has 2 rings (SSSR count). The zero-order chi connectivity index (χ0) is 11.5. The van der Waals surface area contributed by atoms with Gasteiger partial charge in [-0.05, 0) is 5.56 Å². The van der Waals surface area contributed by atoms with Gasteiger partial charge in [0.25, 0.3) is 0 Å². The topological polar surface area (TPSA) is 93.6 Å². The van der Waals surface area contributed by atoms with Gasteiger partial charge in [0.05, 0.1) is 6.54 Å². The van der Waals surface area contributed by atoms with Crippen LogP contribution in [0.1, 0.15) is 11.3 Å². The highest BCUT2D eigenvalue weighted by Gasteiger charge is 2.11. The van der Waals surface area contributed by atoms with E-state index < -0.39 is 0 Å². The second-order valence-corrected chi connectivity index (χ2v) is 3.40. The third kappa shape index (κ3) is 1.68. The van der Waals surface area contributed by atoms with Crippen LogP contribution >= 0.6 is 0 Å². The smallest absolute Gasteiger partial charge is 0.187 e. The van der Waals surface area contributed by atoms with Crippen molar-refractivity contribution in [3.05, 3.63) is 41.6 Å². The molecule has 4 N–H and O–H groups in total. The first-order chi connectivity index (χ1) is 7.72. The molecule has 0 atom stereocenters. The molecule has 0 saturated heterocycles. The predicted molar refractivity (Wildman–Crippen MR) is 61.3 cm³/mol. The molecule has 16 heavy (non-hydrogen) atoms. The molecule has 1 aromatic carbocycles. The maximum Gasteiger partial charge on any atom is 0.187 e. The minimum atomic E-state index is 0.174. The van der Waals surface area contributed by atoms with Gasteiger partial charge >= 0.3 is 0 Å². The zero-order valence-corrected chi connectivity index (χ0v) is 8.59. The average Bonchev–Trinajstić information content (AvgIpc) is 2.58. The molecule has 80 valence electrons. The van der Waals surface area contributed by atoms with Crippen molar-refractivity contribution < 1.29 is 0 Å². The van der Waals surface area contributed by atoms with E-state index in [0.29, 0.717) is 12.4 Å². The zero-order valence-electron chi connectivity index (χ0n) is 8.59.